The summed E-state index contributed by atoms with van der Waals surface area (Å²) in [7, 11) is 0. The smallest absolute Gasteiger partial charge is 0.218 e. The highest BCUT2D eigenvalue weighted by Gasteiger charge is 2.20. The van der Waals surface area contributed by atoms with Crippen LogP contribution in [0.5, 0.6) is 0 Å². The molecule has 1 aliphatic heterocycles. The average molecular weight is 187 g/mol. The molecule has 0 unspecified atom stereocenters. The second kappa shape index (κ2) is 3.38. The first kappa shape index (κ1) is 8.57. The van der Waals surface area contributed by atoms with Crippen LogP contribution in [0.4, 0.5) is 5.69 Å². The highest BCUT2D eigenvalue weighted by Crippen LogP contribution is 2.16. The quantitative estimate of drug-likeness (QED) is 0.673. The van der Waals surface area contributed by atoms with E-state index in [1.54, 1.807) is 12.1 Å². The fourth-order valence-electron chi connectivity index (χ4n) is 1.29. The van der Waals surface area contributed by atoms with Gasteiger partial charge >= 0.3 is 0 Å². The third kappa shape index (κ3) is 1.52. The Kier molecular flexibility index (Phi) is 2.07. The molecule has 1 aromatic carbocycles. The number of hydrogen-bond donors (Lipinski definition) is 1. The molecule has 4 nitrogen and oxygen atoms in total. The van der Waals surface area contributed by atoms with Crippen LogP contribution < -0.4 is 5.73 Å². The molecular weight excluding hydrogens is 178 g/mol. The summed E-state index contributed by atoms with van der Waals surface area (Å²) in [6.45, 7) is 0. The summed E-state index contributed by atoms with van der Waals surface area (Å²) in [4.78, 5) is 4.89. The first-order valence-corrected chi connectivity index (χ1v) is 4.28. The van der Waals surface area contributed by atoms with Crippen LogP contribution in [0.1, 0.15) is 12.0 Å². The highest BCUT2D eigenvalue weighted by molar-refractivity contribution is 6.01. The van der Waals surface area contributed by atoms with Gasteiger partial charge in [-0.25, -0.2) is 0 Å². The number of nitrogens with zero attached hydrogens (tertiary/aromatic N) is 2. The molecule has 1 heterocycles. The topological polar surface area (TPSA) is 71.4 Å². The zero-order valence-electron chi connectivity index (χ0n) is 7.47. The van der Waals surface area contributed by atoms with Gasteiger partial charge in [-0.05, 0) is 17.7 Å². The molecule has 0 spiro atoms. The van der Waals surface area contributed by atoms with Gasteiger partial charge in [0.15, 0.2) is 0 Å². The normalized spacial score (nSPS) is 19.6. The molecule has 1 atom stereocenters. The lowest BCUT2D eigenvalue weighted by atomic mass is 10.1. The average Bonchev–Trinajstić information content (AvgIpc) is 2.67. The Balaban J connectivity index is 2.18. The van der Waals surface area contributed by atoms with Crippen molar-refractivity contribution in [1.29, 1.82) is 5.26 Å². The Morgan fingerprint density at radius 1 is 1.43 bits per heavy atom. The van der Waals surface area contributed by atoms with Crippen molar-refractivity contribution in [2.24, 2.45) is 5.16 Å². The monoisotopic (exact) mass is 187 g/mol. The van der Waals surface area contributed by atoms with Crippen LogP contribution in [-0.4, -0.2) is 11.8 Å². The summed E-state index contributed by atoms with van der Waals surface area (Å²) in [5.41, 5.74) is 8.03. The van der Waals surface area contributed by atoms with E-state index in [0.29, 0.717) is 12.1 Å². The number of benzene rings is 1. The Hall–Kier alpha value is -2.02. The van der Waals surface area contributed by atoms with E-state index in [1.807, 2.05) is 18.2 Å². The number of nitrogen functional groups attached to an aromatic ring is 1. The molecule has 0 radical (unpaired) electrons. The standard InChI is InChI=1S/C10H9N3O/c11-6-9-5-10(13-14-9)7-1-3-8(12)4-2-7/h1-4,9H,5,12H2/t9-/m1/s1. The highest BCUT2D eigenvalue weighted by atomic mass is 16.6. The predicted octanol–water partition coefficient (Wildman–Crippen LogP) is 1.29. The van der Waals surface area contributed by atoms with Crippen molar-refractivity contribution in [3.63, 3.8) is 0 Å². The number of hydrogen-bond acceptors (Lipinski definition) is 4. The van der Waals surface area contributed by atoms with E-state index in [1.165, 1.54) is 0 Å². The zero-order chi connectivity index (χ0) is 9.97. The maximum atomic E-state index is 8.61. The van der Waals surface area contributed by atoms with E-state index in [0.717, 1.165) is 11.3 Å². The van der Waals surface area contributed by atoms with Gasteiger partial charge in [0.25, 0.3) is 0 Å². The molecule has 0 bridgehead atoms. The Morgan fingerprint density at radius 2 is 2.14 bits per heavy atom. The molecule has 0 aromatic heterocycles. The number of nitrogens with two attached hydrogens (primary N) is 1. The van der Waals surface area contributed by atoms with Gasteiger partial charge in [-0.3, -0.25) is 0 Å². The van der Waals surface area contributed by atoms with Gasteiger partial charge < -0.3 is 10.6 Å². The van der Waals surface area contributed by atoms with Crippen molar-refractivity contribution in [3.05, 3.63) is 29.8 Å². The van der Waals surface area contributed by atoms with Crippen molar-refractivity contribution in [1.82, 2.24) is 0 Å². The fraction of sp³-hybridized carbons (Fsp3) is 0.200. The largest absolute Gasteiger partial charge is 0.399 e. The van der Waals surface area contributed by atoms with Crippen LogP contribution in [0.25, 0.3) is 0 Å². The first-order chi connectivity index (χ1) is 6.79. The van der Waals surface area contributed by atoms with Gasteiger partial charge in [-0.2, -0.15) is 5.26 Å². The van der Waals surface area contributed by atoms with Gasteiger partial charge in [0.05, 0.1) is 5.71 Å². The van der Waals surface area contributed by atoms with Crippen LogP contribution in [0.15, 0.2) is 29.4 Å². The summed E-state index contributed by atoms with van der Waals surface area (Å²) in [5.74, 6) is 0. The zero-order valence-corrected chi connectivity index (χ0v) is 7.47. The number of oxime groups is 1. The molecule has 0 saturated carbocycles. The summed E-state index contributed by atoms with van der Waals surface area (Å²) in [6.07, 6.45) is 0.100. The van der Waals surface area contributed by atoms with Gasteiger partial charge in [-0.1, -0.05) is 17.3 Å². The first-order valence-electron chi connectivity index (χ1n) is 4.28. The lowest BCUT2D eigenvalue weighted by Crippen LogP contribution is -2.05. The van der Waals surface area contributed by atoms with Crippen molar-refractivity contribution >= 4 is 11.4 Å². The minimum absolute atomic E-state index is 0.442. The van der Waals surface area contributed by atoms with Crippen molar-refractivity contribution < 1.29 is 4.84 Å². The van der Waals surface area contributed by atoms with E-state index >= 15 is 0 Å². The number of nitriles is 1. The van der Waals surface area contributed by atoms with Crippen LogP contribution in [0, 0.1) is 11.3 Å². The Labute approximate surface area is 81.6 Å². The molecule has 0 amide bonds. The molecule has 0 fully saturated rings. The maximum Gasteiger partial charge on any atom is 0.218 e. The lowest BCUT2D eigenvalue weighted by Gasteiger charge is -1.98. The maximum absolute atomic E-state index is 8.61. The molecule has 1 aliphatic rings. The molecule has 2 rings (SSSR count). The minimum Gasteiger partial charge on any atom is -0.399 e. The van der Waals surface area contributed by atoms with E-state index in [2.05, 4.69) is 5.16 Å². The molecule has 1 aromatic rings. The molecule has 2 N–H and O–H groups in total. The second-order valence-corrected chi connectivity index (χ2v) is 3.09. The predicted molar refractivity (Wildman–Crippen MR) is 52.5 cm³/mol. The Morgan fingerprint density at radius 3 is 2.71 bits per heavy atom. The minimum atomic E-state index is -0.442. The molecule has 70 valence electrons. The van der Waals surface area contributed by atoms with Crippen molar-refractivity contribution in [2.45, 2.75) is 12.5 Å². The molecule has 4 heteroatoms. The molecular formula is C10H9N3O. The summed E-state index contributed by atoms with van der Waals surface area (Å²) >= 11 is 0. The third-order valence-electron chi connectivity index (χ3n) is 2.06. The summed E-state index contributed by atoms with van der Waals surface area (Å²) in [6, 6.07) is 9.36. The van der Waals surface area contributed by atoms with Gasteiger partial charge in [0, 0.05) is 12.1 Å². The second-order valence-electron chi connectivity index (χ2n) is 3.09. The van der Waals surface area contributed by atoms with Crippen molar-refractivity contribution in [3.8, 4) is 6.07 Å². The van der Waals surface area contributed by atoms with E-state index in [9.17, 15) is 0 Å². The van der Waals surface area contributed by atoms with Crippen LogP contribution in [0.3, 0.4) is 0 Å². The van der Waals surface area contributed by atoms with E-state index in [4.69, 9.17) is 15.8 Å². The summed E-state index contributed by atoms with van der Waals surface area (Å²) in [5, 5.41) is 12.4. The lowest BCUT2D eigenvalue weighted by molar-refractivity contribution is 0.125. The third-order valence-corrected chi connectivity index (χ3v) is 2.06. The number of anilines is 1. The molecule has 14 heavy (non-hydrogen) atoms. The van der Waals surface area contributed by atoms with Gasteiger partial charge in [-0.15, -0.1) is 0 Å². The molecule has 0 aliphatic carbocycles. The van der Waals surface area contributed by atoms with Crippen LogP contribution >= 0.6 is 0 Å². The van der Waals surface area contributed by atoms with Crippen molar-refractivity contribution in [2.75, 3.05) is 5.73 Å². The number of rotatable bonds is 1. The Bertz CT molecular complexity index is 402. The fourth-order valence-corrected chi connectivity index (χ4v) is 1.29. The van der Waals surface area contributed by atoms with Gasteiger partial charge in [0.1, 0.15) is 6.07 Å². The van der Waals surface area contributed by atoms with E-state index < -0.39 is 6.10 Å². The van der Waals surface area contributed by atoms with Crippen LogP contribution in [0.2, 0.25) is 0 Å². The molecule has 0 saturated heterocycles. The van der Waals surface area contributed by atoms with E-state index in [-0.39, 0.29) is 0 Å². The SMILES string of the molecule is N#C[C@H]1CC(c2ccc(N)cc2)=NO1. The van der Waals surface area contributed by atoms with Gasteiger partial charge in [0.2, 0.25) is 6.10 Å². The summed E-state index contributed by atoms with van der Waals surface area (Å²) < 4.78 is 0. The van der Waals surface area contributed by atoms with Crippen LogP contribution in [-0.2, 0) is 4.84 Å².